The minimum Gasteiger partial charge on any atom is -0.374 e. The summed E-state index contributed by atoms with van der Waals surface area (Å²) in [4.78, 5) is 11.3. The van der Waals surface area contributed by atoms with E-state index in [-0.39, 0.29) is 18.3 Å². The number of halogens is 2. The minimum atomic E-state index is -0.369. The summed E-state index contributed by atoms with van der Waals surface area (Å²) in [5.74, 6) is -0.507. The molecule has 1 aromatic carbocycles. The maximum atomic E-state index is 13.3. The summed E-state index contributed by atoms with van der Waals surface area (Å²) in [6.45, 7) is 2.69. The van der Waals surface area contributed by atoms with Gasteiger partial charge in [-0.2, -0.15) is 0 Å². The van der Waals surface area contributed by atoms with Crippen molar-refractivity contribution in [3.8, 4) is 0 Å². The van der Waals surface area contributed by atoms with Crippen molar-refractivity contribution in [2.75, 3.05) is 18.4 Å². The molecule has 0 radical (unpaired) electrons. The lowest BCUT2D eigenvalue weighted by atomic mass is 10.3. The third-order valence-electron chi connectivity index (χ3n) is 1.94. The van der Waals surface area contributed by atoms with Gasteiger partial charge in [-0.05, 0) is 24.6 Å². The van der Waals surface area contributed by atoms with Crippen LogP contribution < -0.4 is 10.6 Å². The maximum Gasteiger partial charge on any atom is 0.239 e. The van der Waals surface area contributed by atoms with Crippen LogP contribution in [-0.2, 0) is 4.79 Å². The van der Waals surface area contributed by atoms with Gasteiger partial charge in [-0.1, -0.05) is 22.9 Å². The Bertz CT molecular complexity index is 371. The third-order valence-corrected chi connectivity index (χ3v) is 2.43. The molecule has 16 heavy (non-hydrogen) atoms. The van der Waals surface area contributed by atoms with Crippen molar-refractivity contribution in [1.29, 1.82) is 0 Å². The zero-order valence-corrected chi connectivity index (χ0v) is 10.6. The van der Waals surface area contributed by atoms with E-state index < -0.39 is 0 Å². The SMILES string of the molecule is CCCNC(=O)CNc1cc(Br)ccc1F. The fourth-order valence-electron chi connectivity index (χ4n) is 1.14. The Labute approximate surface area is 103 Å². The van der Waals surface area contributed by atoms with Crippen LogP contribution in [0.1, 0.15) is 13.3 Å². The summed E-state index contributed by atoms with van der Waals surface area (Å²) in [6.07, 6.45) is 0.886. The second-order valence-corrected chi connectivity index (χ2v) is 4.24. The normalized spacial score (nSPS) is 9.94. The predicted molar refractivity (Wildman–Crippen MR) is 65.9 cm³/mol. The number of hydrogen-bond acceptors (Lipinski definition) is 2. The standard InChI is InChI=1S/C11H14BrFN2O/c1-2-5-14-11(16)7-15-10-6-8(12)3-4-9(10)13/h3-4,6,15H,2,5,7H2,1H3,(H,14,16). The molecule has 2 N–H and O–H groups in total. The number of nitrogens with one attached hydrogen (secondary N) is 2. The Morgan fingerprint density at radius 3 is 2.94 bits per heavy atom. The van der Waals surface area contributed by atoms with E-state index in [2.05, 4.69) is 26.6 Å². The molecule has 0 aliphatic heterocycles. The monoisotopic (exact) mass is 288 g/mol. The van der Waals surface area contributed by atoms with Crippen LogP contribution >= 0.6 is 15.9 Å². The zero-order chi connectivity index (χ0) is 12.0. The van der Waals surface area contributed by atoms with Crippen LogP contribution in [0.4, 0.5) is 10.1 Å². The number of benzene rings is 1. The Hall–Kier alpha value is -1.10. The van der Waals surface area contributed by atoms with Gasteiger partial charge in [-0.3, -0.25) is 4.79 Å². The second-order valence-electron chi connectivity index (χ2n) is 3.33. The molecule has 5 heteroatoms. The molecule has 0 aliphatic carbocycles. The molecule has 1 aromatic rings. The van der Waals surface area contributed by atoms with Crippen molar-refractivity contribution < 1.29 is 9.18 Å². The lowest BCUT2D eigenvalue weighted by Crippen LogP contribution is -2.30. The average molecular weight is 289 g/mol. The largest absolute Gasteiger partial charge is 0.374 e. The highest BCUT2D eigenvalue weighted by molar-refractivity contribution is 9.10. The van der Waals surface area contributed by atoms with E-state index in [1.54, 1.807) is 12.1 Å². The maximum absolute atomic E-state index is 13.3. The van der Waals surface area contributed by atoms with Crippen molar-refractivity contribution in [1.82, 2.24) is 5.32 Å². The van der Waals surface area contributed by atoms with Gasteiger partial charge in [-0.15, -0.1) is 0 Å². The molecule has 0 aliphatic rings. The molecule has 0 fully saturated rings. The first-order chi connectivity index (χ1) is 7.63. The summed E-state index contributed by atoms with van der Waals surface area (Å²) < 4.78 is 14.0. The van der Waals surface area contributed by atoms with Crippen LogP contribution in [0, 0.1) is 5.82 Å². The Kier molecular flexibility index (Phi) is 5.25. The van der Waals surface area contributed by atoms with E-state index in [0.29, 0.717) is 12.2 Å². The van der Waals surface area contributed by atoms with E-state index in [1.807, 2.05) is 6.92 Å². The van der Waals surface area contributed by atoms with Crippen LogP contribution in [0.25, 0.3) is 0 Å². The first-order valence-electron chi connectivity index (χ1n) is 5.09. The van der Waals surface area contributed by atoms with E-state index in [0.717, 1.165) is 10.9 Å². The molecular weight excluding hydrogens is 275 g/mol. The Morgan fingerprint density at radius 1 is 1.50 bits per heavy atom. The van der Waals surface area contributed by atoms with Gasteiger partial charge in [0.25, 0.3) is 0 Å². The summed E-state index contributed by atoms with van der Waals surface area (Å²) in [6, 6.07) is 4.55. The van der Waals surface area contributed by atoms with E-state index in [9.17, 15) is 9.18 Å². The van der Waals surface area contributed by atoms with Gasteiger partial charge in [0.15, 0.2) is 0 Å². The Morgan fingerprint density at radius 2 is 2.25 bits per heavy atom. The molecule has 0 saturated carbocycles. The second kappa shape index (κ2) is 6.48. The molecular formula is C11H14BrFN2O. The van der Waals surface area contributed by atoms with E-state index in [1.165, 1.54) is 6.07 Å². The number of hydrogen-bond donors (Lipinski definition) is 2. The molecule has 88 valence electrons. The highest BCUT2D eigenvalue weighted by atomic mass is 79.9. The zero-order valence-electron chi connectivity index (χ0n) is 9.02. The number of amides is 1. The molecule has 3 nitrogen and oxygen atoms in total. The number of anilines is 1. The molecule has 0 unspecified atom stereocenters. The van der Waals surface area contributed by atoms with Crippen LogP contribution in [0.15, 0.2) is 22.7 Å². The van der Waals surface area contributed by atoms with Gasteiger partial charge in [-0.25, -0.2) is 4.39 Å². The topological polar surface area (TPSA) is 41.1 Å². The fraction of sp³-hybridized carbons (Fsp3) is 0.364. The molecule has 0 spiro atoms. The van der Waals surface area contributed by atoms with Gasteiger partial charge in [0.2, 0.25) is 5.91 Å². The smallest absolute Gasteiger partial charge is 0.239 e. The van der Waals surface area contributed by atoms with E-state index >= 15 is 0 Å². The predicted octanol–water partition coefficient (Wildman–Crippen LogP) is 2.53. The van der Waals surface area contributed by atoms with Gasteiger partial charge in [0.1, 0.15) is 5.82 Å². The van der Waals surface area contributed by atoms with Gasteiger partial charge >= 0.3 is 0 Å². The highest BCUT2D eigenvalue weighted by Crippen LogP contribution is 2.19. The minimum absolute atomic E-state index is 0.0768. The van der Waals surface area contributed by atoms with Gasteiger partial charge in [0.05, 0.1) is 12.2 Å². The molecule has 1 amide bonds. The molecule has 1 rings (SSSR count). The van der Waals surface area contributed by atoms with E-state index in [4.69, 9.17) is 0 Å². The van der Waals surface area contributed by atoms with Crippen LogP contribution in [-0.4, -0.2) is 19.0 Å². The molecule has 0 saturated heterocycles. The van der Waals surface area contributed by atoms with Crippen LogP contribution in [0.3, 0.4) is 0 Å². The molecule has 0 heterocycles. The van der Waals surface area contributed by atoms with Crippen molar-refractivity contribution >= 4 is 27.5 Å². The summed E-state index contributed by atoms with van der Waals surface area (Å²) in [7, 11) is 0. The molecule has 0 atom stereocenters. The number of carbonyl (C=O) groups is 1. The van der Waals surface area contributed by atoms with Crippen molar-refractivity contribution in [2.45, 2.75) is 13.3 Å². The summed E-state index contributed by atoms with van der Waals surface area (Å²) in [5.41, 5.74) is 0.320. The van der Waals surface area contributed by atoms with Gasteiger partial charge < -0.3 is 10.6 Å². The first kappa shape index (κ1) is 13.0. The Balaban J connectivity index is 2.47. The fourth-order valence-corrected chi connectivity index (χ4v) is 1.50. The quantitative estimate of drug-likeness (QED) is 0.874. The summed E-state index contributed by atoms with van der Waals surface area (Å²) in [5, 5.41) is 5.45. The van der Waals surface area contributed by atoms with Crippen molar-refractivity contribution in [2.24, 2.45) is 0 Å². The highest BCUT2D eigenvalue weighted by Gasteiger charge is 2.04. The lowest BCUT2D eigenvalue weighted by molar-refractivity contribution is -0.119. The number of rotatable bonds is 5. The lowest BCUT2D eigenvalue weighted by Gasteiger charge is -2.08. The van der Waals surface area contributed by atoms with Crippen LogP contribution in [0.5, 0.6) is 0 Å². The van der Waals surface area contributed by atoms with Crippen molar-refractivity contribution in [3.05, 3.63) is 28.5 Å². The molecule has 0 bridgehead atoms. The van der Waals surface area contributed by atoms with Crippen LogP contribution in [0.2, 0.25) is 0 Å². The molecule has 0 aromatic heterocycles. The van der Waals surface area contributed by atoms with Crippen molar-refractivity contribution in [3.63, 3.8) is 0 Å². The first-order valence-corrected chi connectivity index (χ1v) is 5.88. The third kappa shape index (κ3) is 4.18. The number of carbonyl (C=O) groups excluding carboxylic acids is 1. The van der Waals surface area contributed by atoms with Gasteiger partial charge in [0, 0.05) is 11.0 Å². The average Bonchev–Trinajstić information content (AvgIpc) is 2.27. The summed E-state index contributed by atoms with van der Waals surface area (Å²) >= 11 is 3.24.